The van der Waals surface area contributed by atoms with Crippen molar-refractivity contribution in [2.75, 3.05) is 0 Å². The van der Waals surface area contributed by atoms with Gasteiger partial charge in [0.25, 0.3) is 0 Å². The normalized spacial score (nSPS) is 16.2. The molecular weight excluding hydrogens is 210 g/mol. The molecule has 1 aromatic heterocycles. The van der Waals surface area contributed by atoms with Gasteiger partial charge < -0.3 is 10.3 Å². The predicted octanol–water partition coefficient (Wildman–Crippen LogP) is 3.33. The van der Waals surface area contributed by atoms with Gasteiger partial charge in [-0.25, -0.2) is 4.98 Å². The number of hydrogen-bond donors (Lipinski definition) is 1. The van der Waals surface area contributed by atoms with Gasteiger partial charge in [0, 0.05) is 24.4 Å². The predicted molar refractivity (Wildman–Crippen MR) is 73.1 cm³/mol. The Hall–Kier alpha value is -0.830. The van der Waals surface area contributed by atoms with E-state index in [4.69, 9.17) is 5.73 Å². The van der Waals surface area contributed by atoms with Crippen LogP contribution >= 0.6 is 0 Å². The largest absolute Gasteiger partial charge is 0.330 e. The van der Waals surface area contributed by atoms with Gasteiger partial charge in [0.1, 0.15) is 5.82 Å². The minimum Gasteiger partial charge on any atom is -0.330 e. The van der Waals surface area contributed by atoms with E-state index in [1.165, 1.54) is 0 Å². The summed E-state index contributed by atoms with van der Waals surface area (Å²) in [6.07, 6.45) is 4.94. The molecule has 2 unspecified atom stereocenters. The average molecular weight is 237 g/mol. The molecule has 0 fully saturated rings. The SMILES string of the molecule is CCC(N)C(n1ccnc1C(C)C)C(C)(C)C. The number of nitrogens with zero attached hydrogens (tertiary/aromatic N) is 2. The molecule has 2 N–H and O–H groups in total. The van der Waals surface area contributed by atoms with Gasteiger partial charge in [0.15, 0.2) is 0 Å². The van der Waals surface area contributed by atoms with Crippen molar-refractivity contribution in [2.24, 2.45) is 11.1 Å². The third-order valence-corrected chi connectivity index (χ3v) is 3.28. The summed E-state index contributed by atoms with van der Waals surface area (Å²) in [6.45, 7) is 13.2. The quantitative estimate of drug-likeness (QED) is 0.873. The molecule has 1 rings (SSSR count). The van der Waals surface area contributed by atoms with E-state index in [9.17, 15) is 0 Å². The Bertz CT molecular complexity index is 347. The van der Waals surface area contributed by atoms with Crippen LogP contribution in [-0.2, 0) is 0 Å². The average Bonchev–Trinajstić information content (AvgIpc) is 2.64. The molecule has 0 aliphatic rings. The number of aromatic nitrogens is 2. The van der Waals surface area contributed by atoms with Gasteiger partial charge in [-0.1, -0.05) is 41.5 Å². The summed E-state index contributed by atoms with van der Waals surface area (Å²) in [5, 5.41) is 0. The first-order chi connectivity index (χ1) is 7.79. The second-order valence-corrected chi connectivity index (χ2v) is 6.23. The van der Waals surface area contributed by atoms with E-state index in [-0.39, 0.29) is 11.5 Å². The van der Waals surface area contributed by atoms with E-state index in [1.54, 1.807) is 0 Å². The van der Waals surface area contributed by atoms with E-state index in [0.29, 0.717) is 12.0 Å². The molecule has 1 heterocycles. The highest BCUT2D eigenvalue weighted by Crippen LogP contribution is 2.35. The lowest BCUT2D eigenvalue weighted by atomic mass is 9.81. The van der Waals surface area contributed by atoms with Crippen molar-refractivity contribution in [3.8, 4) is 0 Å². The van der Waals surface area contributed by atoms with Crippen molar-refractivity contribution in [1.29, 1.82) is 0 Å². The molecule has 0 saturated carbocycles. The van der Waals surface area contributed by atoms with Crippen LogP contribution in [0.15, 0.2) is 12.4 Å². The van der Waals surface area contributed by atoms with Gasteiger partial charge in [-0.2, -0.15) is 0 Å². The molecule has 2 atom stereocenters. The van der Waals surface area contributed by atoms with Crippen LogP contribution in [0, 0.1) is 5.41 Å². The molecule has 0 spiro atoms. The lowest BCUT2D eigenvalue weighted by Crippen LogP contribution is -2.40. The van der Waals surface area contributed by atoms with Crippen molar-refractivity contribution < 1.29 is 0 Å². The minimum absolute atomic E-state index is 0.139. The van der Waals surface area contributed by atoms with Gasteiger partial charge in [-0.15, -0.1) is 0 Å². The second kappa shape index (κ2) is 5.21. The molecule has 0 bridgehead atoms. The van der Waals surface area contributed by atoms with E-state index in [2.05, 4.69) is 57.3 Å². The first kappa shape index (κ1) is 14.2. The first-order valence-corrected chi connectivity index (χ1v) is 6.57. The van der Waals surface area contributed by atoms with Gasteiger partial charge in [0.05, 0.1) is 6.04 Å². The highest BCUT2D eigenvalue weighted by molar-refractivity contribution is 5.04. The maximum Gasteiger partial charge on any atom is 0.111 e. The van der Waals surface area contributed by atoms with Crippen LogP contribution in [0.25, 0.3) is 0 Å². The fraction of sp³-hybridized carbons (Fsp3) is 0.786. The first-order valence-electron chi connectivity index (χ1n) is 6.57. The molecule has 1 aromatic rings. The Morgan fingerprint density at radius 1 is 1.35 bits per heavy atom. The van der Waals surface area contributed by atoms with Crippen LogP contribution in [0.1, 0.15) is 65.7 Å². The third kappa shape index (κ3) is 3.09. The zero-order valence-electron chi connectivity index (χ0n) is 12.1. The summed E-state index contributed by atoms with van der Waals surface area (Å²) in [6, 6.07) is 0.467. The smallest absolute Gasteiger partial charge is 0.111 e. The third-order valence-electron chi connectivity index (χ3n) is 3.28. The van der Waals surface area contributed by atoms with Crippen LogP contribution in [0.5, 0.6) is 0 Å². The zero-order valence-corrected chi connectivity index (χ0v) is 12.1. The lowest BCUT2D eigenvalue weighted by molar-refractivity contribution is 0.196. The highest BCUT2D eigenvalue weighted by Gasteiger charge is 2.32. The molecule has 0 saturated heterocycles. The van der Waals surface area contributed by atoms with Crippen LogP contribution in [0.2, 0.25) is 0 Å². The van der Waals surface area contributed by atoms with E-state index in [1.807, 2.05) is 6.20 Å². The number of rotatable bonds is 4. The molecule has 3 heteroatoms. The van der Waals surface area contributed by atoms with Gasteiger partial charge in [-0.3, -0.25) is 0 Å². The summed E-state index contributed by atoms with van der Waals surface area (Å²) in [5.41, 5.74) is 6.45. The van der Waals surface area contributed by atoms with Gasteiger partial charge in [-0.05, 0) is 11.8 Å². The standard InChI is InChI=1S/C14H27N3/c1-7-11(15)12(14(4,5)6)17-9-8-16-13(17)10(2)3/h8-12H,7,15H2,1-6H3. The number of hydrogen-bond acceptors (Lipinski definition) is 2. The molecule has 0 amide bonds. The maximum atomic E-state index is 6.31. The van der Waals surface area contributed by atoms with Crippen LogP contribution in [0.3, 0.4) is 0 Å². The van der Waals surface area contributed by atoms with Gasteiger partial charge in [0.2, 0.25) is 0 Å². The molecule has 0 aliphatic carbocycles. The van der Waals surface area contributed by atoms with Crippen molar-refractivity contribution in [1.82, 2.24) is 9.55 Å². The minimum atomic E-state index is 0.139. The molecule has 3 nitrogen and oxygen atoms in total. The van der Waals surface area contributed by atoms with Crippen molar-refractivity contribution in [3.05, 3.63) is 18.2 Å². The molecule has 0 aromatic carbocycles. The highest BCUT2D eigenvalue weighted by atomic mass is 15.1. The Labute approximate surface area is 105 Å². The van der Waals surface area contributed by atoms with Crippen molar-refractivity contribution >= 4 is 0 Å². The van der Waals surface area contributed by atoms with Crippen molar-refractivity contribution in [3.63, 3.8) is 0 Å². The van der Waals surface area contributed by atoms with E-state index < -0.39 is 0 Å². The Balaban J connectivity index is 3.18. The fourth-order valence-corrected chi connectivity index (χ4v) is 2.50. The summed E-state index contributed by atoms with van der Waals surface area (Å²) in [7, 11) is 0. The summed E-state index contributed by atoms with van der Waals surface area (Å²) < 4.78 is 2.28. The Morgan fingerprint density at radius 2 is 1.94 bits per heavy atom. The van der Waals surface area contributed by atoms with Crippen molar-refractivity contribution in [2.45, 2.75) is 66.0 Å². The fourth-order valence-electron chi connectivity index (χ4n) is 2.50. The topological polar surface area (TPSA) is 43.8 Å². The number of imidazole rings is 1. The van der Waals surface area contributed by atoms with Gasteiger partial charge >= 0.3 is 0 Å². The zero-order chi connectivity index (χ0) is 13.2. The molecule has 98 valence electrons. The second-order valence-electron chi connectivity index (χ2n) is 6.23. The van der Waals surface area contributed by atoms with E-state index in [0.717, 1.165) is 12.2 Å². The summed E-state index contributed by atoms with van der Waals surface area (Å²) in [4.78, 5) is 4.47. The monoisotopic (exact) mass is 237 g/mol. The molecule has 0 radical (unpaired) electrons. The summed E-state index contributed by atoms with van der Waals surface area (Å²) in [5.74, 6) is 1.56. The molecular formula is C14H27N3. The van der Waals surface area contributed by atoms with Crippen LogP contribution in [0.4, 0.5) is 0 Å². The van der Waals surface area contributed by atoms with E-state index >= 15 is 0 Å². The molecule has 17 heavy (non-hydrogen) atoms. The Morgan fingerprint density at radius 3 is 2.35 bits per heavy atom. The van der Waals surface area contributed by atoms with Crippen LogP contribution in [-0.4, -0.2) is 15.6 Å². The molecule has 0 aliphatic heterocycles. The van der Waals surface area contributed by atoms with Crippen LogP contribution < -0.4 is 5.73 Å². The number of nitrogens with two attached hydrogens (primary N) is 1. The lowest BCUT2D eigenvalue weighted by Gasteiger charge is -2.37. The maximum absolute atomic E-state index is 6.31. The summed E-state index contributed by atoms with van der Waals surface area (Å²) >= 11 is 0. The Kier molecular flexibility index (Phi) is 4.36.